The van der Waals surface area contributed by atoms with Crippen molar-refractivity contribution in [1.82, 2.24) is 0 Å². The van der Waals surface area contributed by atoms with E-state index in [1.807, 2.05) is 12.1 Å². The van der Waals surface area contributed by atoms with Crippen molar-refractivity contribution in [2.24, 2.45) is 0 Å². The lowest BCUT2D eigenvalue weighted by Gasteiger charge is -2.26. The molecule has 2 heteroatoms. The van der Waals surface area contributed by atoms with Crippen LogP contribution in [-0.4, -0.2) is 7.11 Å². The van der Waals surface area contributed by atoms with Gasteiger partial charge in [-0.2, -0.15) is 0 Å². The zero-order chi connectivity index (χ0) is 44.0. The van der Waals surface area contributed by atoms with Gasteiger partial charge in [-0.1, -0.05) is 231 Å². The van der Waals surface area contributed by atoms with E-state index in [2.05, 4.69) is 272 Å². The Hall–Kier alpha value is -8.46. The Morgan fingerprint density at radius 3 is 0.892 bits per heavy atom. The van der Waals surface area contributed by atoms with Crippen LogP contribution in [0, 0.1) is 0 Å². The maximum atomic E-state index is 5.51. The number of benzene rings is 9. The molecule has 0 atom stereocenters. The molecule has 0 unspecified atom stereocenters. The molecule has 0 aliphatic heterocycles. The van der Waals surface area contributed by atoms with E-state index >= 15 is 0 Å². The lowest BCUT2D eigenvalue weighted by molar-refractivity contribution is 0.415. The number of allylic oxidation sites excluding steroid dienone is 4. The first-order chi connectivity index (χ1) is 32.2. The third kappa shape index (κ3) is 10.4. The van der Waals surface area contributed by atoms with Crippen LogP contribution in [0.4, 0.5) is 17.1 Å². The first-order valence-electron chi connectivity index (χ1n) is 22.0. The molecule has 0 heterocycles. The van der Waals surface area contributed by atoms with Gasteiger partial charge in [0.25, 0.3) is 0 Å². The highest BCUT2D eigenvalue weighted by molar-refractivity contribution is 5.84. The molecular weight excluding hydrogens is 787 g/mol. The average molecular weight is 836 g/mol. The minimum Gasteiger partial charge on any atom is -0.497 e. The monoisotopic (exact) mass is 835 g/mol. The minimum absolute atomic E-state index is 0.823. The predicted octanol–water partition coefficient (Wildman–Crippen LogP) is 16.8. The van der Waals surface area contributed by atoms with E-state index in [0.717, 1.165) is 45.1 Å². The van der Waals surface area contributed by atoms with Crippen molar-refractivity contribution in [3.05, 3.63) is 300 Å². The summed E-state index contributed by atoms with van der Waals surface area (Å²) in [5.74, 6) is 0.823. The second kappa shape index (κ2) is 20.6. The number of hydrogen-bond donors (Lipinski definition) is 0. The maximum absolute atomic E-state index is 5.51. The van der Waals surface area contributed by atoms with E-state index in [-0.39, 0.29) is 0 Å². The van der Waals surface area contributed by atoms with Crippen LogP contribution in [0.1, 0.15) is 33.4 Å². The van der Waals surface area contributed by atoms with Crippen LogP contribution in [0.2, 0.25) is 0 Å². The van der Waals surface area contributed by atoms with Crippen molar-refractivity contribution in [3.8, 4) is 28.0 Å². The van der Waals surface area contributed by atoms with E-state index in [1.54, 1.807) is 7.11 Å². The van der Waals surface area contributed by atoms with Crippen molar-refractivity contribution in [2.75, 3.05) is 12.0 Å². The molecule has 0 amide bonds. The Kier molecular flexibility index (Phi) is 13.3. The van der Waals surface area contributed by atoms with Crippen LogP contribution in [-0.2, 0) is 0 Å². The summed E-state index contributed by atoms with van der Waals surface area (Å²) in [5.41, 5.74) is 17.3. The highest BCUT2D eigenvalue weighted by Crippen LogP contribution is 2.38. The first-order valence-corrected chi connectivity index (χ1v) is 22.0. The Bertz CT molecular complexity index is 2750. The molecule has 0 aliphatic rings. The van der Waals surface area contributed by atoms with Crippen LogP contribution >= 0.6 is 0 Å². The summed E-state index contributed by atoms with van der Waals surface area (Å²) in [7, 11) is 1.70. The predicted molar refractivity (Wildman–Crippen MR) is 277 cm³/mol. The first kappa shape index (κ1) is 41.9. The molecule has 0 spiro atoms. The molecule has 0 radical (unpaired) electrons. The van der Waals surface area contributed by atoms with Gasteiger partial charge in [0.05, 0.1) is 7.11 Å². The minimum atomic E-state index is 0.823. The van der Waals surface area contributed by atoms with Gasteiger partial charge in [-0.15, -0.1) is 0 Å². The summed E-state index contributed by atoms with van der Waals surface area (Å²) in [6.45, 7) is 0. The van der Waals surface area contributed by atoms with Gasteiger partial charge >= 0.3 is 0 Å². The fourth-order valence-corrected chi connectivity index (χ4v) is 8.06. The van der Waals surface area contributed by atoms with Gasteiger partial charge < -0.3 is 9.64 Å². The Labute approximate surface area is 383 Å². The fourth-order valence-electron chi connectivity index (χ4n) is 8.06. The van der Waals surface area contributed by atoms with Crippen molar-refractivity contribution < 1.29 is 4.74 Å². The number of anilines is 3. The average Bonchev–Trinajstić information content (AvgIpc) is 3.39. The second-order valence-electron chi connectivity index (χ2n) is 15.7. The number of nitrogens with zero attached hydrogens (tertiary/aromatic N) is 1. The van der Waals surface area contributed by atoms with Crippen LogP contribution in [0.5, 0.6) is 5.75 Å². The smallest absolute Gasteiger partial charge is 0.119 e. The highest BCUT2D eigenvalue weighted by atomic mass is 16.5. The lowest BCUT2D eigenvalue weighted by Crippen LogP contribution is -2.09. The van der Waals surface area contributed by atoms with Crippen molar-refractivity contribution in [2.45, 2.75) is 0 Å². The summed E-state index contributed by atoms with van der Waals surface area (Å²) in [4.78, 5) is 2.29. The van der Waals surface area contributed by atoms with E-state index in [0.29, 0.717) is 0 Å². The van der Waals surface area contributed by atoms with Gasteiger partial charge in [0.1, 0.15) is 5.75 Å². The molecule has 0 saturated heterocycles. The molecular formula is C63H49NO. The molecule has 0 saturated carbocycles. The molecule has 0 bridgehead atoms. The van der Waals surface area contributed by atoms with Crippen LogP contribution < -0.4 is 9.64 Å². The summed E-state index contributed by atoms with van der Waals surface area (Å²) < 4.78 is 5.51. The van der Waals surface area contributed by atoms with Crippen molar-refractivity contribution >= 4 is 40.4 Å². The highest BCUT2D eigenvalue weighted by Gasteiger charge is 2.14. The largest absolute Gasteiger partial charge is 0.497 e. The summed E-state index contributed by atoms with van der Waals surface area (Å²) in [5, 5.41) is 0. The van der Waals surface area contributed by atoms with Crippen molar-refractivity contribution in [1.29, 1.82) is 0 Å². The maximum Gasteiger partial charge on any atom is 0.119 e. The topological polar surface area (TPSA) is 12.5 Å². The number of ether oxygens (including phenoxy) is 1. The molecule has 0 aliphatic carbocycles. The van der Waals surface area contributed by atoms with E-state index in [1.165, 1.54) is 44.5 Å². The molecule has 2 nitrogen and oxygen atoms in total. The summed E-state index contributed by atoms with van der Waals surface area (Å²) >= 11 is 0. The Morgan fingerprint density at radius 2 is 0.600 bits per heavy atom. The van der Waals surface area contributed by atoms with Crippen LogP contribution in [0.3, 0.4) is 0 Å². The van der Waals surface area contributed by atoms with Gasteiger partial charge in [0.15, 0.2) is 0 Å². The molecule has 0 aromatic heterocycles. The fraction of sp³-hybridized carbons (Fsp3) is 0.0159. The molecule has 65 heavy (non-hydrogen) atoms. The number of methoxy groups -OCH3 is 1. The molecule has 9 rings (SSSR count). The standard InChI is InChI=1S/C63H49NO/c1-65-61-46-44-60(45-47-61)64(58-40-36-52(37-41-58)50-32-28-48(29-33-50)16-14-26-62(54-18-6-2-7-19-54)55-20-8-3-9-21-55)59-42-38-53(39-43-59)51-34-30-49(31-35-51)17-15-27-63(56-22-10-4-11-23-56)57-24-12-5-13-25-57/h2-47H,1H3. The van der Waals surface area contributed by atoms with Gasteiger partial charge in [0.2, 0.25) is 0 Å². The Balaban J connectivity index is 0.914. The Morgan fingerprint density at radius 1 is 0.323 bits per heavy atom. The van der Waals surface area contributed by atoms with Crippen LogP contribution in [0.15, 0.2) is 267 Å². The number of rotatable bonds is 14. The molecule has 0 N–H and O–H groups in total. The molecule has 9 aromatic rings. The van der Waals surface area contributed by atoms with Gasteiger partial charge in [-0.05, 0) is 115 Å². The molecule has 312 valence electrons. The number of hydrogen-bond acceptors (Lipinski definition) is 2. The molecule has 0 fully saturated rings. The van der Waals surface area contributed by atoms with E-state index in [4.69, 9.17) is 4.74 Å². The SMILES string of the molecule is COc1ccc(N(c2ccc(-c3ccc(C=CC=C(c4ccccc4)c4ccccc4)cc3)cc2)c2ccc(-c3ccc(C=CC=C(c4ccccc4)c4ccccc4)cc3)cc2)cc1. The lowest BCUT2D eigenvalue weighted by atomic mass is 9.97. The van der Waals surface area contributed by atoms with Gasteiger partial charge in [0, 0.05) is 17.1 Å². The van der Waals surface area contributed by atoms with Crippen molar-refractivity contribution in [3.63, 3.8) is 0 Å². The normalized spacial score (nSPS) is 11.0. The van der Waals surface area contributed by atoms with Gasteiger partial charge in [-0.25, -0.2) is 0 Å². The third-order valence-corrected chi connectivity index (χ3v) is 11.5. The molecule has 9 aromatic carbocycles. The van der Waals surface area contributed by atoms with E-state index < -0.39 is 0 Å². The summed E-state index contributed by atoms with van der Waals surface area (Å²) in [6, 6.07) is 85.5. The van der Waals surface area contributed by atoms with E-state index in [9.17, 15) is 0 Å². The van der Waals surface area contributed by atoms with Gasteiger partial charge in [-0.3, -0.25) is 0 Å². The zero-order valence-corrected chi connectivity index (χ0v) is 36.4. The van der Waals surface area contributed by atoms with Crippen LogP contribution in [0.25, 0.3) is 45.6 Å². The second-order valence-corrected chi connectivity index (χ2v) is 15.7. The third-order valence-electron chi connectivity index (χ3n) is 11.5. The quantitative estimate of drug-likeness (QED) is 0.101. The summed E-state index contributed by atoms with van der Waals surface area (Å²) in [6.07, 6.45) is 13.0. The zero-order valence-electron chi connectivity index (χ0n) is 36.4.